The van der Waals surface area contributed by atoms with Gasteiger partial charge in [0.15, 0.2) is 5.71 Å². The fraction of sp³-hybridized carbons (Fsp3) is 0.0625. The molecule has 0 bridgehead atoms. The van der Waals surface area contributed by atoms with Crippen LogP contribution < -0.4 is 5.01 Å². The normalized spacial score (nSPS) is 15.7. The number of carbonyl (C=O) groups is 2. The summed E-state index contributed by atoms with van der Waals surface area (Å²) in [5, 5.41) is 9.01. The molecule has 2 heterocycles. The van der Waals surface area contributed by atoms with E-state index < -0.39 is 11.9 Å². The van der Waals surface area contributed by atoms with E-state index in [1.54, 1.807) is 43.3 Å². The fourth-order valence-electron chi connectivity index (χ4n) is 1.97. The first-order chi connectivity index (χ1) is 11.2. The second kappa shape index (κ2) is 6.18. The Hall–Kier alpha value is -3.35. The maximum Gasteiger partial charge on any atom is 0.367 e. The van der Waals surface area contributed by atoms with E-state index in [9.17, 15) is 9.59 Å². The van der Waals surface area contributed by atoms with Crippen molar-refractivity contribution in [3.63, 3.8) is 0 Å². The minimum Gasteiger partial charge on any atom is -0.312 e. The lowest BCUT2D eigenvalue weighted by Gasteiger charge is -2.10. The number of carbonyl (C=O) groups excluding carboxylic acids is 2. The van der Waals surface area contributed by atoms with E-state index in [0.717, 1.165) is 0 Å². The van der Waals surface area contributed by atoms with Crippen LogP contribution in [0, 0.1) is 0 Å². The van der Waals surface area contributed by atoms with Crippen LogP contribution in [0.15, 0.2) is 65.1 Å². The number of hydrazone groups is 1. The van der Waals surface area contributed by atoms with Crippen LogP contribution in [0.5, 0.6) is 0 Å². The highest BCUT2D eigenvalue weighted by Gasteiger charge is 2.31. The number of rotatable bonds is 3. The molecule has 2 aromatic rings. The molecule has 23 heavy (non-hydrogen) atoms. The molecule has 1 aromatic carbocycles. The van der Waals surface area contributed by atoms with Gasteiger partial charge in [-0.1, -0.05) is 23.4 Å². The third kappa shape index (κ3) is 2.98. The molecule has 1 amide bonds. The second-order valence-corrected chi connectivity index (χ2v) is 4.70. The van der Waals surface area contributed by atoms with Crippen LogP contribution in [-0.4, -0.2) is 28.3 Å². The zero-order valence-corrected chi connectivity index (χ0v) is 12.2. The Bertz CT molecular complexity index is 801. The molecule has 1 aliphatic rings. The Balaban J connectivity index is 1.78. The molecule has 0 aliphatic carbocycles. The number of hydrogen-bond donors (Lipinski definition) is 0. The largest absolute Gasteiger partial charge is 0.367 e. The monoisotopic (exact) mass is 308 g/mol. The molecule has 1 aromatic heterocycles. The molecule has 0 saturated heterocycles. The van der Waals surface area contributed by atoms with Crippen molar-refractivity contribution in [1.82, 2.24) is 4.98 Å². The number of nitrogens with zero attached hydrogens (tertiary/aromatic N) is 4. The van der Waals surface area contributed by atoms with Gasteiger partial charge in [-0.2, -0.15) is 10.1 Å². The molecule has 0 spiro atoms. The number of oxime groups is 1. The molecule has 1 aliphatic heterocycles. The highest BCUT2D eigenvalue weighted by atomic mass is 16.7. The van der Waals surface area contributed by atoms with Gasteiger partial charge in [-0.3, -0.25) is 9.78 Å². The minimum absolute atomic E-state index is 0.00825. The van der Waals surface area contributed by atoms with Crippen molar-refractivity contribution < 1.29 is 14.4 Å². The molecule has 0 fully saturated rings. The number of hydrogen-bond acceptors (Lipinski definition) is 6. The Kier molecular flexibility index (Phi) is 3.92. The number of benzene rings is 1. The van der Waals surface area contributed by atoms with Crippen LogP contribution >= 0.6 is 0 Å². The summed E-state index contributed by atoms with van der Waals surface area (Å²) in [4.78, 5) is 32.8. The van der Waals surface area contributed by atoms with E-state index in [1.165, 1.54) is 17.4 Å². The van der Waals surface area contributed by atoms with Gasteiger partial charge in [-0.15, -0.1) is 0 Å². The summed E-state index contributed by atoms with van der Waals surface area (Å²) < 4.78 is 0. The number of para-hydroxylation sites is 1. The number of amides is 1. The molecule has 0 N–H and O–H groups in total. The third-order valence-electron chi connectivity index (χ3n) is 3.11. The van der Waals surface area contributed by atoms with Crippen molar-refractivity contribution in [3.05, 3.63) is 60.4 Å². The van der Waals surface area contributed by atoms with Crippen molar-refractivity contribution in [2.24, 2.45) is 10.3 Å². The van der Waals surface area contributed by atoms with Gasteiger partial charge < -0.3 is 4.84 Å². The van der Waals surface area contributed by atoms with Crippen LogP contribution in [0.2, 0.25) is 0 Å². The minimum atomic E-state index is -0.690. The van der Waals surface area contributed by atoms with Crippen molar-refractivity contribution >= 4 is 29.0 Å². The van der Waals surface area contributed by atoms with Gasteiger partial charge >= 0.3 is 11.9 Å². The molecule has 0 radical (unpaired) electrons. The Morgan fingerprint density at radius 3 is 2.65 bits per heavy atom. The second-order valence-electron chi connectivity index (χ2n) is 4.70. The number of aromatic nitrogens is 1. The maximum atomic E-state index is 12.3. The van der Waals surface area contributed by atoms with Crippen molar-refractivity contribution in [2.75, 3.05) is 5.01 Å². The Morgan fingerprint density at radius 2 is 1.96 bits per heavy atom. The van der Waals surface area contributed by atoms with Crippen LogP contribution in [0.3, 0.4) is 0 Å². The van der Waals surface area contributed by atoms with Gasteiger partial charge in [0.2, 0.25) is 0 Å². The topological polar surface area (TPSA) is 84.2 Å². The zero-order chi connectivity index (χ0) is 16.2. The molecular weight excluding hydrogens is 296 g/mol. The van der Waals surface area contributed by atoms with Crippen LogP contribution in [-0.2, 0) is 9.63 Å². The summed E-state index contributed by atoms with van der Waals surface area (Å²) in [6, 6.07) is 12.1. The first-order valence-electron chi connectivity index (χ1n) is 6.81. The SMILES string of the molecule is CC1=NN(c2ccccc2)C(=O)/C1=N\OC(=O)c1cccnc1. The van der Waals surface area contributed by atoms with Crippen molar-refractivity contribution in [2.45, 2.75) is 6.92 Å². The smallest absolute Gasteiger partial charge is 0.312 e. The lowest BCUT2D eigenvalue weighted by atomic mass is 10.2. The molecular formula is C16H12N4O3. The van der Waals surface area contributed by atoms with E-state index >= 15 is 0 Å². The highest BCUT2D eigenvalue weighted by molar-refractivity contribution is 6.71. The Morgan fingerprint density at radius 1 is 1.17 bits per heavy atom. The van der Waals surface area contributed by atoms with Crippen LogP contribution in [0.1, 0.15) is 17.3 Å². The van der Waals surface area contributed by atoms with Crippen molar-refractivity contribution in [1.29, 1.82) is 0 Å². The lowest BCUT2D eigenvalue weighted by Crippen LogP contribution is -2.27. The van der Waals surface area contributed by atoms with E-state index in [0.29, 0.717) is 11.4 Å². The van der Waals surface area contributed by atoms with Crippen molar-refractivity contribution in [3.8, 4) is 0 Å². The van der Waals surface area contributed by atoms with Gasteiger partial charge in [-0.25, -0.2) is 4.79 Å². The van der Waals surface area contributed by atoms with Gasteiger partial charge in [-0.05, 0) is 31.2 Å². The predicted octanol–water partition coefficient (Wildman–Crippen LogP) is 2.02. The number of anilines is 1. The maximum absolute atomic E-state index is 12.3. The van der Waals surface area contributed by atoms with E-state index in [-0.39, 0.29) is 11.3 Å². The van der Waals surface area contributed by atoms with E-state index in [4.69, 9.17) is 4.84 Å². The average Bonchev–Trinajstić information content (AvgIpc) is 2.88. The number of pyridine rings is 1. The predicted molar refractivity (Wildman–Crippen MR) is 84.1 cm³/mol. The quantitative estimate of drug-likeness (QED) is 0.641. The standard InChI is InChI=1S/C16H12N4O3/c1-11-14(19-23-16(22)12-6-5-9-17-10-12)15(21)20(18-11)13-7-3-2-4-8-13/h2-10H,1H3/b19-14-. The van der Waals surface area contributed by atoms with E-state index in [2.05, 4.69) is 15.2 Å². The summed E-state index contributed by atoms with van der Waals surface area (Å²) in [5.74, 6) is -1.14. The van der Waals surface area contributed by atoms with Crippen LogP contribution in [0.4, 0.5) is 5.69 Å². The summed E-state index contributed by atoms with van der Waals surface area (Å²) in [7, 11) is 0. The van der Waals surface area contributed by atoms with E-state index in [1.807, 2.05) is 6.07 Å². The molecule has 0 saturated carbocycles. The van der Waals surface area contributed by atoms with Gasteiger partial charge in [0.1, 0.15) is 0 Å². The zero-order valence-electron chi connectivity index (χ0n) is 12.2. The summed E-state index contributed by atoms with van der Waals surface area (Å²) >= 11 is 0. The average molecular weight is 308 g/mol. The molecule has 0 atom stereocenters. The first-order valence-corrected chi connectivity index (χ1v) is 6.81. The highest BCUT2D eigenvalue weighted by Crippen LogP contribution is 2.19. The molecule has 0 unspecified atom stereocenters. The first kappa shape index (κ1) is 14.6. The van der Waals surface area contributed by atoms with Gasteiger partial charge in [0.05, 0.1) is 17.0 Å². The van der Waals surface area contributed by atoms with Crippen LogP contribution in [0.25, 0.3) is 0 Å². The fourth-order valence-corrected chi connectivity index (χ4v) is 1.97. The molecule has 7 heteroatoms. The van der Waals surface area contributed by atoms with Gasteiger partial charge in [0.25, 0.3) is 0 Å². The Labute approximate surface area is 131 Å². The molecule has 3 rings (SSSR count). The summed E-state index contributed by atoms with van der Waals surface area (Å²) in [5.41, 5.74) is 1.22. The molecule has 114 valence electrons. The van der Waals surface area contributed by atoms with Gasteiger partial charge in [0, 0.05) is 12.4 Å². The summed E-state index contributed by atoms with van der Waals surface area (Å²) in [6.45, 7) is 1.62. The molecule has 7 nitrogen and oxygen atoms in total. The summed E-state index contributed by atoms with van der Waals surface area (Å²) in [6.07, 6.45) is 2.90. The lowest BCUT2D eigenvalue weighted by molar-refractivity contribution is -0.112. The third-order valence-corrected chi connectivity index (χ3v) is 3.11.